The lowest BCUT2D eigenvalue weighted by atomic mass is 9.88. The van der Waals surface area contributed by atoms with Gasteiger partial charge in [-0.05, 0) is 67.8 Å². The molecule has 0 radical (unpaired) electrons. The molecule has 1 atom stereocenters. The molecule has 38 heavy (non-hydrogen) atoms. The lowest BCUT2D eigenvalue weighted by molar-refractivity contribution is -0.219. The Kier molecular flexibility index (Phi) is 9.67. The number of aromatic hydroxyl groups is 1. The standard InChI is InChI=1S/C21H24N4O2.C4H4F6O/c22-10-16-15(14-3-2-8-24-11-14)9-17(25-21(16)23)20-18(26)4-1-5-19(20)27-12-13-6-7-13;5-3(6,7)1-11-2-4(8,9)10/h1,4-5,9,13-14,24,26H,2-3,6-8,11-12H2,(H2,23,25);1-2H2. The first-order valence-electron chi connectivity index (χ1n) is 12.0. The summed E-state index contributed by atoms with van der Waals surface area (Å²) in [7, 11) is 0. The fourth-order valence-electron chi connectivity index (χ4n) is 3.95. The normalized spacial score (nSPS) is 17.8. The van der Waals surface area contributed by atoms with Crippen molar-refractivity contribution in [2.45, 2.75) is 44.0 Å². The smallest absolute Gasteiger partial charge is 0.411 e. The van der Waals surface area contributed by atoms with E-state index in [1.165, 1.54) is 12.8 Å². The molecule has 0 bridgehead atoms. The molecule has 4 rings (SSSR count). The predicted octanol–water partition coefficient (Wildman–Crippen LogP) is 5.29. The highest BCUT2D eigenvalue weighted by molar-refractivity contribution is 5.76. The number of benzene rings is 1. The number of phenols is 1. The highest BCUT2D eigenvalue weighted by Crippen LogP contribution is 2.41. The SMILES string of the molecule is FC(F)(F)COCC(F)(F)F.N#Cc1c(C2CCCNC2)cc(-c2c(O)cccc2OCC2CC2)nc1N. The number of piperidine rings is 1. The summed E-state index contributed by atoms with van der Waals surface area (Å²) in [6.45, 7) is -1.30. The minimum Gasteiger partial charge on any atom is -0.507 e. The zero-order valence-corrected chi connectivity index (χ0v) is 20.3. The molecule has 2 fully saturated rings. The van der Waals surface area contributed by atoms with Crippen LogP contribution in [-0.4, -0.2) is 55.4 Å². The number of nitrogen functional groups attached to an aromatic ring is 1. The largest absolute Gasteiger partial charge is 0.507 e. The van der Waals surface area contributed by atoms with Crippen LogP contribution in [0.5, 0.6) is 11.5 Å². The first-order valence-corrected chi connectivity index (χ1v) is 12.0. The summed E-state index contributed by atoms with van der Waals surface area (Å²) in [5, 5.41) is 23.5. The second-order valence-electron chi connectivity index (χ2n) is 9.14. The van der Waals surface area contributed by atoms with Gasteiger partial charge in [-0.25, -0.2) is 4.98 Å². The second-order valence-corrected chi connectivity index (χ2v) is 9.14. The van der Waals surface area contributed by atoms with Crippen molar-refractivity contribution < 1.29 is 40.9 Å². The van der Waals surface area contributed by atoms with E-state index in [1.807, 2.05) is 12.1 Å². The number of nitrogens with zero attached hydrogens (tertiary/aromatic N) is 2. The molecule has 2 aliphatic rings. The second kappa shape index (κ2) is 12.5. The lowest BCUT2D eigenvalue weighted by Crippen LogP contribution is -2.29. The third kappa shape index (κ3) is 8.95. The zero-order chi connectivity index (χ0) is 27.9. The highest BCUT2D eigenvalue weighted by Gasteiger charge is 2.33. The Morgan fingerprint density at radius 1 is 1.11 bits per heavy atom. The number of nitriles is 1. The number of nitrogens with two attached hydrogens (primary N) is 1. The van der Waals surface area contributed by atoms with E-state index in [2.05, 4.69) is 21.1 Å². The number of hydrogen-bond acceptors (Lipinski definition) is 7. The molecule has 0 amide bonds. The minimum absolute atomic E-state index is 0.104. The van der Waals surface area contributed by atoms with Crippen LogP contribution in [0.25, 0.3) is 11.3 Å². The van der Waals surface area contributed by atoms with Gasteiger partial charge < -0.3 is 25.6 Å². The maximum atomic E-state index is 11.1. The topological polar surface area (TPSA) is 113 Å². The summed E-state index contributed by atoms with van der Waals surface area (Å²) in [6, 6.07) is 9.33. The van der Waals surface area contributed by atoms with Crippen molar-refractivity contribution in [2.75, 3.05) is 38.6 Å². The number of halogens is 6. The fraction of sp³-hybridized carbons (Fsp3) is 0.520. The van der Waals surface area contributed by atoms with E-state index in [0.717, 1.165) is 31.5 Å². The average Bonchev–Trinajstić information content (AvgIpc) is 3.66. The molecule has 2 aromatic rings. The van der Waals surface area contributed by atoms with Gasteiger partial charge in [0.1, 0.15) is 36.6 Å². The van der Waals surface area contributed by atoms with E-state index in [1.54, 1.807) is 12.1 Å². The van der Waals surface area contributed by atoms with Crippen LogP contribution in [0, 0.1) is 17.2 Å². The van der Waals surface area contributed by atoms with Gasteiger partial charge in [-0.3, -0.25) is 0 Å². The van der Waals surface area contributed by atoms with Gasteiger partial charge in [-0.15, -0.1) is 0 Å². The Bertz CT molecular complexity index is 1110. The molecule has 1 aliphatic heterocycles. The predicted molar refractivity (Wildman–Crippen MR) is 126 cm³/mol. The van der Waals surface area contributed by atoms with E-state index < -0.39 is 25.6 Å². The highest BCUT2D eigenvalue weighted by atomic mass is 19.4. The van der Waals surface area contributed by atoms with Gasteiger partial charge in [0.25, 0.3) is 0 Å². The maximum absolute atomic E-state index is 11.1. The molecule has 1 aliphatic carbocycles. The summed E-state index contributed by atoms with van der Waals surface area (Å²) < 4.78 is 76.1. The Hall–Kier alpha value is -3.24. The molecule has 1 aromatic heterocycles. The van der Waals surface area contributed by atoms with Crippen molar-refractivity contribution in [1.82, 2.24) is 10.3 Å². The average molecular weight is 547 g/mol. The molecule has 1 aromatic carbocycles. The molecule has 4 N–H and O–H groups in total. The quantitative estimate of drug-likeness (QED) is 0.405. The van der Waals surface area contributed by atoms with Crippen molar-refractivity contribution in [3.8, 4) is 28.8 Å². The molecule has 1 saturated carbocycles. The number of alkyl halides is 6. The summed E-state index contributed by atoms with van der Waals surface area (Å²) in [5.41, 5.74) is 8.55. The van der Waals surface area contributed by atoms with Crippen LogP contribution in [0.1, 0.15) is 42.7 Å². The first-order chi connectivity index (χ1) is 17.9. The minimum atomic E-state index is -4.70. The maximum Gasteiger partial charge on any atom is 0.411 e. The van der Waals surface area contributed by atoms with E-state index in [0.29, 0.717) is 35.1 Å². The molecule has 1 saturated heterocycles. The number of pyridine rings is 1. The van der Waals surface area contributed by atoms with Gasteiger partial charge in [0.15, 0.2) is 0 Å². The van der Waals surface area contributed by atoms with Gasteiger partial charge in [0.05, 0.1) is 23.4 Å². The van der Waals surface area contributed by atoms with Crippen LogP contribution in [0.3, 0.4) is 0 Å². The van der Waals surface area contributed by atoms with E-state index in [4.69, 9.17) is 10.5 Å². The molecule has 1 unspecified atom stereocenters. The van der Waals surface area contributed by atoms with E-state index in [9.17, 15) is 36.7 Å². The summed E-state index contributed by atoms with van der Waals surface area (Å²) in [4.78, 5) is 4.43. The molecular formula is C25H28F6N4O3. The van der Waals surface area contributed by atoms with E-state index in [-0.39, 0.29) is 17.5 Å². The number of hydrogen-bond donors (Lipinski definition) is 3. The van der Waals surface area contributed by atoms with Crippen molar-refractivity contribution >= 4 is 5.82 Å². The Morgan fingerprint density at radius 2 is 1.79 bits per heavy atom. The number of aromatic nitrogens is 1. The van der Waals surface area contributed by atoms with Gasteiger partial charge in [-0.1, -0.05) is 6.07 Å². The zero-order valence-electron chi connectivity index (χ0n) is 20.3. The van der Waals surface area contributed by atoms with Crippen LogP contribution in [0.4, 0.5) is 32.2 Å². The first kappa shape index (κ1) is 29.3. The van der Waals surface area contributed by atoms with Crippen LogP contribution >= 0.6 is 0 Å². The lowest BCUT2D eigenvalue weighted by Gasteiger charge is -2.25. The number of anilines is 1. The van der Waals surface area contributed by atoms with E-state index >= 15 is 0 Å². The van der Waals surface area contributed by atoms with Crippen LogP contribution in [-0.2, 0) is 4.74 Å². The van der Waals surface area contributed by atoms with Gasteiger partial charge in [0, 0.05) is 6.54 Å². The Labute approximate surface area is 215 Å². The van der Waals surface area contributed by atoms with Gasteiger partial charge in [-0.2, -0.15) is 31.6 Å². The van der Waals surface area contributed by atoms with Gasteiger partial charge >= 0.3 is 12.4 Å². The molecular weight excluding hydrogens is 518 g/mol. The molecule has 208 valence electrons. The number of nitrogens with one attached hydrogen (secondary N) is 1. The Balaban J connectivity index is 0.000000310. The van der Waals surface area contributed by atoms with Crippen LogP contribution in [0.2, 0.25) is 0 Å². The monoisotopic (exact) mass is 546 g/mol. The van der Waals surface area contributed by atoms with Crippen LogP contribution in [0.15, 0.2) is 24.3 Å². The molecule has 0 spiro atoms. The Morgan fingerprint density at radius 3 is 2.34 bits per heavy atom. The number of ether oxygens (including phenoxy) is 2. The molecule has 13 heteroatoms. The number of phenolic OH excluding ortho intramolecular Hbond substituents is 1. The van der Waals surface area contributed by atoms with Crippen molar-refractivity contribution in [3.05, 3.63) is 35.4 Å². The van der Waals surface area contributed by atoms with Crippen molar-refractivity contribution in [3.63, 3.8) is 0 Å². The third-order valence-electron chi connectivity index (χ3n) is 5.89. The summed E-state index contributed by atoms with van der Waals surface area (Å²) in [6.07, 6.45) is -4.98. The molecule has 7 nitrogen and oxygen atoms in total. The van der Waals surface area contributed by atoms with Crippen molar-refractivity contribution in [1.29, 1.82) is 5.26 Å². The van der Waals surface area contributed by atoms with Gasteiger partial charge in [0.2, 0.25) is 0 Å². The molecule has 2 heterocycles. The van der Waals surface area contributed by atoms with Crippen molar-refractivity contribution in [2.24, 2.45) is 5.92 Å². The third-order valence-corrected chi connectivity index (χ3v) is 5.89. The van der Waals surface area contributed by atoms with Crippen LogP contribution < -0.4 is 15.8 Å². The fourth-order valence-corrected chi connectivity index (χ4v) is 3.95. The number of rotatable bonds is 7. The summed E-state index contributed by atoms with van der Waals surface area (Å²) in [5.74, 6) is 1.72. The summed E-state index contributed by atoms with van der Waals surface area (Å²) >= 11 is 0.